The molecule has 3 aromatic rings. The summed E-state index contributed by atoms with van der Waals surface area (Å²) in [6.07, 6.45) is 0. The number of methoxy groups -OCH3 is 1. The van der Waals surface area contributed by atoms with Crippen molar-refractivity contribution in [3.8, 4) is 11.4 Å². The lowest BCUT2D eigenvalue weighted by Gasteiger charge is -2.14. The number of nitrogens with zero attached hydrogens (tertiary/aromatic N) is 2. The Morgan fingerprint density at radius 2 is 1.85 bits per heavy atom. The van der Waals surface area contributed by atoms with Crippen molar-refractivity contribution in [1.82, 2.24) is 14.5 Å². The lowest BCUT2D eigenvalue weighted by Crippen LogP contribution is -2.41. The molecule has 0 aliphatic rings. The maximum Gasteiger partial charge on any atom is 0.336 e. The molecule has 0 fully saturated rings. The first-order chi connectivity index (χ1) is 12.5. The third-order valence-corrected chi connectivity index (χ3v) is 4.25. The molecule has 0 saturated heterocycles. The Balaban J connectivity index is 2.36. The molecule has 26 heavy (non-hydrogen) atoms. The van der Waals surface area contributed by atoms with E-state index in [-0.39, 0.29) is 17.8 Å². The van der Waals surface area contributed by atoms with E-state index in [9.17, 15) is 14.4 Å². The summed E-state index contributed by atoms with van der Waals surface area (Å²) in [6, 6.07) is 11.1. The molecular weight excluding hydrogens is 358 g/mol. The van der Waals surface area contributed by atoms with Crippen molar-refractivity contribution in [3.05, 3.63) is 68.3 Å². The quantitative estimate of drug-likeness (QED) is 0.752. The molecule has 0 saturated carbocycles. The zero-order chi connectivity index (χ0) is 18.8. The average Bonchev–Trinajstić information content (AvgIpc) is 2.65. The van der Waals surface area contributed by atoms with Gasteiger partial charge in [-0.1, -0.05) is 11.6 Å². The molecule has 1 aromatic heterocycles. The molecule has 0 aliphatic heterocycles. The van der Waals surface area contributed by atoms with E-state index in [0.717, 1.165) is 4.57 Å². The summed E-state index contributed by atoms with van der Waals surface area (Å²) in [7, 11) is 3.00. The molecule has 8 heteroatoms. The highest BCUT2D eigenvalue weighted by atomic mass is 35.5. The first kappa shape index (κ1) is 17.8. The number of amides is 1. The number of benzene rings is 2. The minimum Gasteiger partial charge on any atom is -0.497 e. The second-order valence-corrected chi connectivity index (χ2v) is 5.98. The van der Waals surface area contributed by atoms with Gasteiger partial charge in [0, 0.05) is 12.1 Å². The molecule has 0 bridgehead atoms. The molecule has 0 spiro atoms. The predicted octanol–water partition coefficient (Wildman–Crippen LogP) is 1.56. The van der Waals surface area contributed by atoms with Gasteiger partial charge in [0.25, 0.3) is 5.56 Å². The molecule has 7 nitrogen and oxygen atoms in total. The average molecular weight is 374 g/mol. The summed E-state index contributed by atoms with van der Waals surface area (Å²) in [4.78, 5) is 37.8. The van der Waals surface area contributed by atoms with Crippen molar-refractivity contribution in [2.75, 3.05) is 14.2 Å². The van der Waals surface area contributed by atoms with Crippen molar-refractivity contribution in [1.29, 1.82) is 0 Å². The zero-order valence-corrected chi connectivity index (χ0v) is 14.9. The number of hydrogen-bond acceptors (Lipinski definition) is 4. The summed E-state index contributed by atoms with van der Waals surface area (Å²) in [5, 5.41) is 3.12. The van der Waals surface area contributed by atoms with E-state index in [0.29, 0.717) is 22.0 Å². The molecule has 2 aromatic carbocycles. The fraction of sp³-hybridized carbons (Fsp3) is 0.167. The maximum atomic E-state index is 13.0. The Hall–Kier alpha value is -3.06. The van der Waals surface area contributed by atoms with Crippen LogP contribution in [0.2, 0.25) is 5.02 Å². The highest BCUT2D eigenvalue weighted by Gasteiger charge is 2.16. The summed E-state index contributed by atoms with van der Waals surface area (Å²) in [5.41, 5.74) is -0.428. The van der Waals surface area contributed by atoms with E-state index in [2.05, 4.69) is 5.32 Å². The Morgan fingerprint density at radius 3 is 2.46 bits per heavy atom. The van der Waals surface area contributed by atoms with Gasteiger partial charge < -0.3 is 10.1 Å². The van der Waals surface area contributed by atoms with Crippen molar-refractivity contribution in [2.45, 2.75) is 6.54 Å². The monoisotopic (exact) mass is 373 g/mol. The van der Waals surface area contributed by atoms with Gasteiger partial charge in [-0.3, -0.25) is 14.2 Å². The minimum absolute atomic E-state index is 0.234. The molecule has 1 heterocycles. The number of fused-ring (bicyclic) bond motifs is 1. The fourth-order valence-corrected chi connectivity index (χ4v) is 2.84. The third-order valence-electron chi connectivity index (χ3n) is 4.02. The Bertz CT molecular complexity index is 1100. The van der Waals surface area contributed by atoms with Crippen LogP contribution in [0.5, 0.6) is 5.75 Å². The minimum atomic E-state index is -0.626. The number of halogens is 1. The molecule has 0 unspecified atom stereocenters. The largest absolute Gasteiger partial charge is 0.497 e. The van der Waals surface area contributed by atoms with Crippen LogP contribution < -0.4 is 21.3 Å². The number of hydrogen-bond donors (Lipinski definition) is 1. The standard InChI is InChI=1S/C18H16ClN3O4/c1-20-16(23)10-21-15-9-11(19)3-8-14(15)17(24)22(18(21)25)12-4-6-13(26-2)7-5-12/h3-9H,10H2,1-2H3,(H,20,23). The van der Waals surface area contributed by atoms with Gasteiger partial charge in [-0.25, -0.2) is 9.36 Å². The summed E-state index contributed by atoms with van der Waals surface area (Å²) < 4.78 is 7.36. The van der Waals surface area contributed by atoms with Crippen LogP contribution >= 0.6 is 11.6 Å². The van der Waals surface area contributed by atoms with E-state index >= 15 is 0 Å². The van der Waals surface area contributed by atoms with Crippen LogP contribution in [0.1, 0.15) is 0 Å². The number of aromatic nitrogens is 2. The van der Waals surface area contributed by atoms with E-state index in [1.807, 2.05) is 0 Å². The number of rotatable bonds is 4. The van der Waals surface area contributed by atoms with E-state index in [1.54, 1.807) is 36.4 Å². The van der Waals surface area contributed by atoms with Crippen LogP contribution in [0.15, 0.2) is 52.1 Å². The number of likely N-dealkylation sites (N-methyl/N-ethyl adjacent to an activating group) is 1. The first-order valence-corrected chi connectivity index (χ1v) is 8.14. The lowest BCUT2D eigenvalue weighted by atomic mass is 10.2. The molecule has 3 rings (SSSR count). The molecule has 0 radical (unpaired) electrons. The van der Waals surface area contributed by atoms with Gasteiger partial charge in [-0.2, -0.15) is 0 Å². The van der Waals surface area contributed by atoms with Gasteiger partial charge in [0.2, 0.25) is 5.91 Å². The second kappa shape index (κ2) is 7.05. The first-order valence-electron chi connectivity index (χ1n) is 7.76. The summed E-state index contributed by atoms with van der Waals surface area (Å²) >= 11 is 6.02. The maximum absolute atomic E-state index is 13.0. The van der Waals surface area contributed by atoms with Gasteiger partial charge in [0.15, 0.2) is 0 Å². The van der Waals surface area contributed by atoms with Crippen molar-refractivity contribution < 1.29 is 9.53 Å². The van der Waals surface area contributed by atoms with Crippen molar-refractivity contribution >= 4 is 28.4 Å². The van der Waals surface area contributed by atoms with Gasteiger partial charge in [-0.05, 0) is 42.5 Å². The number of carbonyl (C=O) groups excluding carboxylic acids is 1. The fourth-order valence-electron chi connectivity index (χ4n) is 2.67. The Kier molecular flexibility index (Phi) is 4.81. The van der Waals surface area contributed by atoms with E-state index in [4.69, 9.17) is 16.3 Å². The van der Waals surface area contributed by atoms with Crippen molar-refractivity contribution in [2.24, 2.45) is 0 Å². The van der Waals surface area contributed by atoms with Crippen molar-refractivity contribution in [3.63, 3.8) is 0 Å². The molecular formula is C18H16ClN3O4. The number of ether oxygens (including phenoxy) is 1. The molecule has 0 aliphatic carbocycles. The van der Waals surface area contributed by atoms with Gasteiger partial charge in [0.05, 0.1) is 23.7 Å². The second-order valence-electron chi connectivity index (χ2n) is 5.54. The van der Waals surface area contributed by atoms with Crippen LogP contribution in [0.4, 0.5) is 0 Å². The Morgan fingerprint density at radius 1 is 1.15 bits per heavy atom. The molecule has 1 amide bonds. The number of carbonyl (C=O) groups is 1. The lowest BCUT2D eigenvalue weighted by molar-refractivity contribution is -0.121. The zero-order valence-electron chi connectivity index (χ0n) is 14.2. The Labute approximate surface area is 153 Å². The predicted molar refractivity (Wildman–Crippen MR) is 99.4 cm³/mol. The van der Waals surface area contributed by atoms with Crippen LogP contribution in [0, 0.1) is 0 Å². The van der Waals surface area contributed by atoms with Crippen LogP contribution in [-0.2, 0) is 11.3 Å². The molecule has 0 atom stereocenters. The van der Waals surface area contributed by atoms with Crippen LogP contribution in [-0.4, -0.2) is 29.2 Å². The van der Waals surface area contributed by atoms with Crippen LogP contribution in [0.25, 0.3) is 16.6 Å². The van der Waals surface area contributed by atoms with Gasteiger partial charge >= 0.3 is 5.69 Å². The normalized spacial score (nSPS) is 10.7. The molecule has 1 N–H and O–H groups in total. The van der Waals surface area contributed by atoms with E-state index in [1.165, 1.54) is 24.8 Å². The number of nitrogens with one attached hydrogen (secondary N) is 1. The molecule has 134 valence electrons. The van der Waals surface area contributed by atoms with Gasteiger partial charge in [0.1, 0.15) is 12.3 Å². The van der Waals surface area contributed by atoms with E-state index < -0.39 is 11.2 Å². The third kappa shape index (κ3) is 3.09. The highest BCUT2D eigenvalue weighted by Crippen LogP contribution is 2.17. The highest BCUT2D eigenvalue weighted by molar-refractivity contribution is 6.31. The summed E-state index contributed by atoms with van der Waals surface area (Å²) in [6.45, 7) is -0.234. The van der Waals surface area contributed by atoms with Crippen LogP contribution in [0.3, 0.4) is 0 Å². The SMILES string of the molecule is CNC(=O)Cn1c(=O)n(-c2ccc(OC)cc2)c(=O)c2ccc(Cl)cc21. The smallest absolute Gasteiger partial charge is 0.336 e. The van der Waals surface area contributed by atoms with Gasteiger partial charge in [-0.15, -0.1) is 0 Å². The topological polar surface area (TPSA) is 82.3 Å². The summed E-state index contributed by atoms with van der Waals surface area (Å²) in [5.74, 6) is 0.230.